The van der Waals surface area contributed by atoms with Crippen LogP contribution in [0.15, 0.2) is 22.6 Å². The molecule has 1 heterocycles. The smallest absolute Gasteiger partial charge is 0.295 e. The average Bonchev–Trinajstić information content (AvgIpc) is 2.73. The maximum Gasteiger partial charge on any atom is 0.295 e. The molecule has 0 spiro atoms. The highest BCUT2D eigenvalue weighted by Crippen LogP contribution is 2.24. The molecule has 0 amide bonds. The Hall–Kier alpha value is -1.36. The monoisotopic (exact) mass is 265 g/mol. The SMILES string of the molecule is CCSCCC(C)Nc1nc2c(N)cccc2o1. The standard InChI is InChI=1S/C13H19N3OS/c1-3-18-8-7-9(2)15-13-16-12-10(14)5-4-6-11(12)17-13/h4-6,9H,3,7-8,14H2,1-2H3,(H,15,16). The van der Waals surface area contributed by atoms with Gasteiger partial charge in [-0.1, -0.05) is 13.0 Å². The van der Waals surface area contributed by atoms with Gasteiger partial charge in [-0.2, -0.15) is 16.7 Å². The number of fused-ring (bicyclic) bond motifs is 1. The predicted molar refractivity (Wildman–Crippen MR) is 79.1 cm³/mol. The van der Waals surface area contributed by atoms with Crippen LogP contribution in [0.3, 0.4) is 0 Å². The second-order valence-corrected chi connectivity index (χ2v) is 5.64. The number of rotatable bonds is 6. The third kappa shape index (κ3) is 3.10. The number of hydrogen-bond donors (Lipinski definition) is 2. The third-order valence-corrected chi connectivity index (χ3v) is 3.65. The number of thioether (sulfide) groups is 1. The first-order valence-electron chi connectivity index (χ1n) is 6.20. The summed E-state index contributed by atoms with van der Waals surface area (Å²) in [6, 6.07) is 6.47. The van der Waals surface area contributed by atoms with E-state index in [4.69, 9.17) is 10.2 Å². The number of benzene rings is 1. The van der Waals surface area contributed by atoms with Crippen molar-refractivity contribution in [2.24, 2.45) is 0 Å². The van der Waals surface area contributed by atoms with E-state index in [9.17, 15) is 0 Å². The molecule has 0 saturated carbocycles. The van der Waals surface area contributed by atoms with Gasteiger partial charge in [-0.3, -0.25) is 0 Å². The second kappa shape index (κ2) is 6.00. The summed E-state index contributed by atoms with van der Waals surface area (Å²) >= 11 is 1.94. The lowest BCUT2D eigenvalue weighted by molar-refractivity contribution is 0.597. The first-order valence-corrected chi connectivity index (χ1v) is 7.35. The number of aromatic nitrogens is 1. The van der Waals surface area contributed by atoms with Crippen molar-refractivity contribution in [1.29, 1.82) is 0 Å². The number of nitrogen functional groups attached to an aromatic ring is 1. The molecule has 5 heteroatoms. The zero-order valence-corrected chi connectivity index (χ0v) is 11.6. The van der Waals surface area contributed by atoms with Crippen LogP contribution >= 0.6 is 11.8 Å². The molecule has 1 aromatic heterocycles. The van der Waals surface area contributed by atoms with Crippen molar-refractivity contribution < 1.29 is 4.42 Å². The molecule has 0 bridgehead atoms. The summed E-state index contributed by atoms with van der Waals surface area (Å²) in [6.45, 7) is 4.31. The Morgan fingerprint density at radius 2 is 2.33 bits per heavy atom. The molecule has 2 rings (SSSR count). The Labute approximate surface area is 111 Å². The second-order valence-electron chi connectivity index (χ2n) is 4.24. The molecule has 0 fully saturated rings. The van der Waals surface area contributed by atoms with Gasteiger partial charge in [0, 0.05) is 6.04 Å². The molecule has 0 saturated heterocycles. The number of hydrogen-bond acceptors (Lipinski definition) is 5. The van der Waals surface area contributed by atoms with E-state index in [0.717, 1.165) is 29.0 Å². The molecule has 0 aliphatic heterocycles. The van der Waals surface area contributed by atoms with Gasteiger partial charge < -0.3 is 15.5 Å². The van der Waals surface area contributed by atoms with Crippen molar-refractivity contribution >= 4 is 34.6 Å². The van der Waals surface area contributed by atoms with E-state index < -0.39 is 0 Å². The summed E-state index contributed by atoms with van der Waals surface area (Å²) in [5.74, 6) is 2.30. The van der Waals surface area contributed by atoms with Crippen molar-refractivity contribution in [3.8, 4) is 0 Å². The van der Waals surface area contributed by atoms with Crippen molar-refractivity contribution in [3.63, 3.8) is 0 Å². The van der Waals surface area contributed by atoms with Gasteiger partial charge in [0.15, 0.2) is 5.58 Å². The number of oxazole rings is 1. The topological polar surface area (TPSA) is 64.1 Å². The maximum absolute atomic E-state index is 5.84. The van der Waals surface area contributed by atoms with Gasteiger partial charge >= 0.3 is 0 Å². The Morgan fingerprint density at radius 1 is 1.50 bits per heavy atom. The highest BCUT2D eigenvalue weighted by molar-refractivity contribution is 7.99. The van der Waals surface area contributed by atoms with Gasteiger partial charge in [-0.25, -0.2) is 0 Å². The zero-order chi connectivity index (χ0) is 13.0. The van der Waals surface area contributed by atoms with Crippen molar-refractivity contribution in [2.75, 3.05) is 22.6 Å². The van der Waals surface area contributed by atoms with Crippen LogP contribution in [0.4, 0.5) is 11.7 Å². The largest absolute Gasteiger partial charge is 0.423 e. The molecule has 0 radical (unpaired) electrons. The molecule has 4 nitrogen and oxygen atoms in total. The van der Waals surface area contributed by atoms with Crippen LogP contribution in [0, 0.1) is 0 Å². The lowest BCUT2D eigenvalue weighted by Crippen LogP contribution is -2.16. The zero-order valence-electron chi connectivity index (χ0n) is 10.8. The minimum Gasteiger partial charge on any atom is -0.423 e. The van der Waals surface area contributed by atoms with Crippen LogP contribution in [-0.4, -0.2) is 22.5 Å². The van der Waals surface area contributed by atoms with E-state index in [1.807, 2.05) is 30.0 Å². The fourth-order valence-electron chi connectivity index (χ4n) is 1.72. The van der Waals surface area contributed by atoms with Crippen molar-refractivity contribution in [3.05, 3.63) is 18.2 Å². The number of anilines is 2. The van der Waals surface area contributed by atoms with Crippen LogP contribution in [0.25, 0.3) is 11.1 Å². The summed E-state index contributed by atoms with van der Waals surface area (Å²) in [5, 5.41) is 3.27. The van der Waals surface area contributed by atoms with Crippen molar-refractivity contribution in [1.82, 2.24) is 4.98 Å². The van der Waals surface area contributed by atoms with E-state index in [1.165, 1.54) is 0 Å². The fraction of sp³-hybridized carbons (Fsp3) is 0.462. The molecular formula is C13H19N3OS. The third-order valence-electron chi connectivity index (χ3n) is 2.72. The molecule has 2 aromatic rings. The highest BCUT2D eigenvalue weighted by atomic mass is 32.2. The fourth-order valence-corrected chi connectivity index (χ4v) is 2.53. The summed E-state index contributed by atoms with van der Waals surface area (Å²) in [5.41, 5.74) is 7.96. The normalized spacial score (nSPS) is 12.8. The predicted octanol–water partition coefficient (Wildman–Crippen LogP) is 3.35. The summed E-state index contributed by atoms with van der Waals surface area (Å²) in [4.78, 5) is 4.37. The van der Waals surface area contributed by atoms with Crippen LogP contribution in [0.2, 0.25) is 0 Å². The van der Waals surface area contributed by atoms with Crippen LogP contribution in [0.5, 0.6) is 0 Å². The first-order chi connectivity index (χ1) is 8.70. The van der Waals surface area contributed by atoms with Gasteiger partial charge in [-0.05, 0) is 37.0 Å². The Balaban J connectivity index is 2.01. The maximum atomic E-state index is 5.84. The van der Waals surface area contributed by atoms with E-state index in [-0.39, 0.29) is 0 Å². The molecule has 18 heavy (non-hydrogen) atoms. The Morgan fingerprint density at radius 3 is 3.06 bits per heavy atom. The molecule has 1 aromatic carbocycles. The molecule has 0 aliphatic rings. The van der Waals surface area contributed by atoms with Gasteiger partial charge in [0.2, 0.25) is 0 Å². The number of para-hydroxylation sites is 1. The molecule has 3 N–H and O–H groups in total. The number of nitrogens with zero attached hydrogens (tertiary/aromatic N) is 1. The molecule has 98 valence electrons. The van der Waals surface area contributed by atoms with E-state index in [2.05, 4.69) is 24.1 Å². The van der Waals surface area contributed by atoms with Crippen LogP contribution in [0.1, 0.15) is 20.3 Å². The minimum absolute atomic E-state index is 0.346. The van der Waals surface area contributed by atoms with Gasteiger partial charge in [0.05, 0.1) is 5.69 Å². The Bertz CT molecular complexity index is 512. The lowest BCUT2D eigenvalue weighted by atomic mass is 10.3. The lowest BCUT2D eigenvalue weighted by Gasteiger charge is -2.10. The highest BCUT2D eigenvalue weighted by Gasteiger charge is 2.10. The van der Waals surface area contributed by atoms with Crippen molar-refractivity contribution in [2.45, 2.75) is 26.3 Å². The van der Waals surface area contributed by atoms with Crippen LogP contribution < -0.4 is 11.1 Å². The van der Waals surface area contributed by atoms with E-state index >= 15 is 0 Å². The quantitative estimate of drug-likeness (QED) is 0.619. The first kappa shape index (κ1) is 13.1. The van der Waals surface area contributed by atoms with E-state index in [0.29, 0.717) is 17.7 Å². The minimum atomic E-state index is 0.346. The molecule has 1 atom stereocenters. The van der Waals surface area contributed by atoms with Gasteiger partial charge in [0.25, 0.3) is 6.01 Å². The Kier molecular flexibility index (Phi) is 4.36. The number of nitrogens with two attached hydrogens (primary N) is 1. The molecule has 0 aliphatic carbocycles. The number of nitrogens with one attached hydrogen (secondary N) is 1. The summed E-state index contributed by atoms with van der Waals surface area (Å²) < 4.78 is 5.62. The van der Waals surface area contributed by atoms with Gasteiger partial charge in [0.1, 0.15) is 5.52 Å². The molecule has 1 unspecified atom stereocenters. The van der Waals surface area contributed by atoms with E-state index in [1.54, 1.807) is 0 Å². The molecular weight excluding hydrogens is 246 g/mol. The summed E-state index contributed by atoms with van der Waals surface area (Å²) in [7, 11) is 0. The van der Waals surface area contributed by atoms with Crippen LogP contribution in [-0.2, 0) is 0 Å². The average molecular weight is 265 g/mol. The van der Waals surface area contributed by atoms with Gasteiger partial charge in [-0.15, -0.1) is 0 Å². The summed E-state index contributed by atoms with van der Waals surface area (Å²) in [6.07, 6.45) is 1.09.